The number of aromatic amines is 1. The molecule has 1 aromatic carbocycles. The number of sulfonamides is 1. The second kappa shape index (κ2) is 12.3. The van der Waals surface area contributed by atoms with Crippen molar-refractivity contribution in [2.24, 2.45) is 0 Å². The molecular formula is C24H35N5O6S. The van der Waals surface area contributed by atoms with E-state index in [4.69, 9.17) is 10.5 Å². The molecular weight excluding hydrogens is 486 g/mol. The lowest BCUT2D eigenvalue weighted by atomic mass is 10.2. The predicted molar refractivity (Wildman–Crippen MR) is 138 cm³/mol. The summed E-state index contributed by atoms with van der Waals surface area (Å²) in [6, 6.07) is 5.64. The van der Waals surface area contributed by atoms with Crippen molar-refractivity contribution in [3.05, 3.63) is 50.7 Å². The minimum Gasteiger partial charge on any atom is -0.383 e. The van der Waals surface area contributed by atoms with Crippen molar-refractivity contribution in [2.75, 3.05) is 44.0 Å². The number of nitrogens with one attached hydrogen (secondary N) is 1. The number of nitrogens with zero attached hydrogens (tertiary/aromatic N) is 3. The molecule has 0 aliphatic carbocycles. The summed E-state index contributed by atoms with van der Waals surface area (Å²) in [5, 5.41) is 0. The molecule has 1 aliphatic rings. The molecule has 2 aromatic rings. The molecule has 3 rings (SSSR count). The maximum absolute atomic E-state index is 13.5. The first kappa shape index (κ1) is 27.6. The standard InChI is InChI=1S/C24H35N5O6S/c1-3-4-15-29-21(25)20(22(30)26-24(29)32)28(16-17-35-2)23(31)18-9-11-19(12-10-18)36(33,34)27-13-7-5-6-8-14-27/h9-12H,3-8,13-17,25H2,1-2H3,(H,26,30,32). The summed E-state index contributed by atoms with van der Waals surface area (Å²) in [4.78, 5) is 42.1. The van der Waals surface area contributed by atoms with Crippen molar-refractivity contribution in [3.8, 4) is 0 Å². The van der Waals surface area contributed by atoms with Crippen LogP contribution >= 0.6 is 0 Å². The van der Waals surface area contributed by atoms with Gasteiger partial charge in [0, 0.05) is 38.9 Å². The van der Waals surface area contributed by atoms with E-state index in [0.717, 1.165) is 37.0 Å². The van der Waals surface area contributed by atoms with Gasteiger partial charge in [-0.15, -0.1) is 0 Å². The van der Waals surface area contributed by atoms with Crippen LogP contribution in [0, 0.1) is 0 Å². The summed E-state index contributed by atoms with van der Waals surface area (Å²) in [5.74, 6) is -0.675. The number of aromatic nitrogens is 2. The zero-order valence-corrected chi connectivity index (χ0v) is 21.7. The van der Waals surface area contributed by atoms with E-state index >= 15 is 0 Å². The second-order valence-corrected chi connectivity index (χ2v) is 10.7. The molecule has 1 saturated heterocycles. The van der Waals surface area contributed by atoms with E-state index in [1.165, 1.54) is 40.2 Å². The quantitative estimate of drug-likeness (QED) is 0.484. The van der Waals surface area contributed by atoms with Gasteiger partial charge in [0.15, 0.2) is 5.69 Å². The number of hydrogen-bond acceptors (Lipinski definition) is 7. The van der Waals surface area contributed by atoms with Gasteiger partial charge in [-0.2, -0.15) is 4.31 Å². The molecule has 0 bridgehead atoms. The minimum atomic E-state index is -3.67. The fourth-order valence-corrected chi connectivity index (χ4v) is 5.75. The fourth-order valence-electron chi connectivity index (χ4n) is 4.23. The summed E-state index contributed by atoms with van der Waals surface area (Å²) >= 11 is 0. The Morgan fingerprint density at radius 1 is 1.11 bits per heavy atom. The van der Waals surface area contributed by atoms with E-state index in [1.54, 1.807) is 0 Å². The molecule has 0 atom stereocenters. The van der Waals surface area contributed by atoms with Gasteiger partial charge in [-0.1, -0.05) is 26.2 Å². The number of nitrogen functional groups attached to an aromatic ring is 1. The highest BCUT2D eigenvalue weighted by Crippen LogP contribution is 2.23. The molecule has 36 heavy (non-hydrogen) atoms. The number of carbonyl (C=O) groups excluding carboxylic acids is 1. The van der Waals surface area contributed by atoms with Crippen LogP contribution in [-0.2, 0) is 21.3 Å². The Labute approximate surface area is 210 Å². The number of hydrogen-bond donors (Lipinski definition) is 2. The van der Waals surface area contributed by atoms with Crippen molar-refractivity contribution >= 4 is 27.4 Å². The SMILES string of the molecule is CCCCn1c(N)c(N(CCOC)C(=O)c2ccc(S(=O)(=O)N3CCCCCC3)cc2)c(=O)[nH]c1=O. The molecule has 3 N–H and O–H groups in total. The number of ether oxygens (including phenoxy) is 1. The van der Waals surface area contributed by atoms with Crippen LogP contribution in [0.15, 0.2) is 38.8 Å². The van der Waals surface area contributed by atoms with Crippen LogP contribution in [0.2, 0.25) is 0 Å². The van der Waals surface area contributed by atoms with Crippen molar-refractivity contribution in [2.45, 2.75) is 56.9 Å². The van der Waals surface area contributed by atoms with E-state index in [1.807, 2.05) is 6.92 Å². The molecule has 1 amide bonds. The molecule has 1 aromatic heterocycles. The number of nitrogens with two attached hydrogens (primary N) is 1. The normalized spacial score (nSPS) is 14.9. The highest BCUT2D eigenvalue weighted by molar-refractivity contribution is 7.89. The number of methoxy groups -OCH3 is 1. The topological polar surface area (TPSA) is 148 Å². The summed E-state index contributed by atoms with van der Waals surface area (Å²) < 4.78 is 34.0. The van der Waals surface area contributed by atoms with E-state index < -0.39 is 27.2 Å². The number of unbranched alkanes of at least 4 members (excludes halogenated alkanes) is 1. The smallest absolute Gasteiger partial charge is 0.330 e. The lowest BCUT2D eigenvalue weighted by molar-refractivity contribution is 0.0975. The third-order valence-electron chi connectivity index (χ3n) is 6.29. The molecule has 0 saturated carbocycles. The summed E-state index contributed by atoms with van der Waals surface area (Å²) in [6.45, 7) is 3.31. The van der Waals surface area contributed by atoms with E-state index in [-0.39, 0.29) is 35.1 Å². The van der Waals surface area contributed by atoms with Gasteiger partial charge >= 0.3 is 5.69 Å². The van der Waals surface area contributed by atoms with Gasteiger partial charge in [-0.3, -0.25) is 24.0 Å². The number of carbonyl (C=O) groups is 1. The first-order valence-electron chi connectivity index (χ1n) is 12.3. The third kappa shape index (κ3) is 6.05. The van der Waals surface area contributed by atoms with Gasteiger partial charge in [0.2, 0.25) is 10.0 Å². The summed E-state index contributed by atoms with van der Waals surface area (Å²) in [5.41, 5.74) is 4.82. The molecule has 11 nitrogen and oxygen atoms in total. The maximum Gasteiger partial charge on any atom is 0.330 e. The Balaban J connectivity index is 1.96. The molecule has 0 radical (unpaired) electrons. The van der Waals surface area contributed by atoms with Gasteiger partial charge in [0.05, 0.1) is 11.5 Å². The molecule has 198 valence electrons. The van der Waals surface area contributed by atoms with Gasteiger partial charge in [0.25, 0.3) is 11.5 Å². The average Bonchev–Trinajstić information content (AvgIpc) is 3.16. The zero-order valence-electron chi connectivity index (χ0n) is 20.9. The lowest BCUT2D eigenvalue weighted by Gasteiger charge is -2.24. The lowest BCUT2D eigenvalue weighted by Crippen LogP contribution is -2.42. The Morgan fingerprint density at radius 3 is 2.33 bits per heavy atom. The number of anilines is 2. The van der Waals surface area contributed by atoms with Crippen LogP contribution in [0.5, 0.6) is 0 Å². The number of H-pyrrole nitrogens is 1. The first-order chi connectivity index (χ1) is 17.2. The highest BCUT2D eigenvalue weighted by atomic mass is 32.2. The predicted octanol–water partition coefficient (Wildman–Crippen LogP) is 1.78. The van der Waals surface area contributed by atoms with Crippen LogP contribution in [0.1, 0.15) is 55.8 Å². The van der Waals surface area contributed by atoms with Crippen LogP contribution in [0.25, 0.3) is 0 Å². The summed E-state index contributed by atoms with van der Waals surface area (Å²) in [6.07, 6.45) is 5.12. The number of amides is 1. The first-order valence-corrected chi connectivity index (χ1v) is 13.7. The molecule has 1 aliphatic heterocycles. The molecule has 0 spiro atoms. The molecule has 2 heterocycles. The van der Waals surface area contributed by atoms with Gasteiger partial charge < -0.3 is 10.5 Å². The van der Waals surface area contributed by atoms with Crippen molar-refractivity contribution in [1.82, 2.24) is 13.9 Å². The van der Waals surface area contributed by atoms with Crippen molar-refractivity contribution < 1.29 is 17.9 Å². The largest absolute Gasteiger partial charge is 0.383 e. The van der Waals surface area contributed by atoms with Crippen molar-refractivity contribution in [3.63, 3.8) is 0 Å². The monoisotopic (exact) mass is 521 g/mol. The van der Waals surface area contributed by atoms with Crippen LogP contribution < -0.4 is 21.9 Å². The molecule has 1 fully saturated rings. The number of rotatable bonds is 10. The van der Waals surface area contributed by atoms with Crippen molar-refractivity contribution in [1.29, 1.82) is 0 Å². The fraction of sp³-hybridized carbons (Fsp3) is 0.542. The Hall–Kier alpha value is -2.96. The third-order valence-corrected chi connectivity index (χ3v) is 8.20. The van der Waals surface area contributed by atoms with Gasteiger partial charge in [0.1, 0.15) is 5.82 Å². The van der Waals surface area contributed by atoms with Crippen LogP contribution in [0.4, 0.5) is 11.5 Å². The van der Waals surface area contributed by atoms with Crippen LogP contribution in [0.3, 0.4) is 0 Å². The summed E-state index contributed by atoms with van der Waals surface area (Å²) in [7, 11) is -2.21. The Kier molecular flexibility index (Phi) is 9.46. The van der Waals surface area contributed by atoms with Crippen LogP contribution in [-0.4, -0.2) is 61.5 Å². The van der Waals surface area contributed by atoms with E-state index in [0.29, 0.717) is 26.1 Å². The molecule has 0 unspecified atom stereocenters. The average molecular weight is 522 g/mol. The molecule has 12 heteroatoms. The maximum atomic E-state index is 13.5. The zero-order chi connectivity index (χ0) is 26.3. The Bertz CT molecular complexity index is 1260. The van der Waals surface area contributed by atoms with E-state index in [9.17, 15) is 22.8 Å². The van der Waals surface area contributed by atoms with Gasteiger partial charge in [-0.25, -0.2) is 13.2 Å². The Morgan fingerprint density at radius 2 is 1.75 bits per heavy atom. The highest BCUT2D eigenvalue weighted by Gasteiger charge is 2.28. The van der Waals surface area contributed by atoms with Gasteiger partial charge in [-0.05, 0) is 43.5 Å². The minimum absolute atomic E-state index is 0.00240. The second-order valence-electron chi connectivity index (χ2n) is 8.79. The number of benzene rings is 1. The van der Waals surface area contributed by atoms with E-state index in [2.05, 4.69) is 4.98 Å².